The Kier molecular flexibility index (Phi) is 5.03. The summed E-state index contributed by atoms with van der Waals surface area (Å²) >= 11 is 1.44. The van der Waals surface area contributed by atoms with Crippen LogP contribution in [0.1, 0.15) is 47.2 Å². The van der Waals surface area contributed by atoms with Crippen molar-refractivity contribution in [2.45, 2.75) is 43.5 Å². The Morgan fingerprint density at radius 3 is 2.78 bits per heavy atom. The number of thioether (sulfide) groups is 1. The van der Waals surface area contributed by atoms with Gasteiger partial charge in [-0.1, -0.05) is 54.4 Å². The third-order valence-electron chi connectivity index (χ3n) is 4.96. The zero-order chi connectivity index (χ0) is 18.8. The maximum atomic E-state index is 12.5. The number of aryl methyl sites for hydroxylation is 1. The van der Waals surface area contributed by atoms with Crippen LogP contribution >= 0.6 is 11.8 Å². The molecule has 1 heterocycles. The fourth-order valence-corrected chi connectivity index (χ4v) is 4.48. The van der Waals surface area contributed by atoms with Gasteiger partial charge < -0.3 is 10.6 Å². The fourth-order valence-electron chi connectivity index (χ4n) is 3.55. The summed E-state index contributed by atoms with van der Waals surface area (Å²) < 4.78 is 0. The van der Waals surface area contributed by atoms with E-state index < -0.39 is 0 Å². The first kappa shape index (κ1) is 17.9. The topological polar surface area (TPSA) is 58.2 Å². The summed E-state index contributed by atoms with van der Waals surface area (Å²) in [6, 6.07) is 13.8. The van der Waals surface area contributed by atoms with Gasteiger partial charge in [0.25, 0.3) is 11.8 Å². The number of amides is 2. The van der Waals surface area contributed by atoms with Crippen molar-refractivity contribution in [1.82, 2.24) is 5.32 Å². The monoisotopic (exact) mass is 378 g/mol. The predicted molar refractivity (Wildman–Crippen MR) is 110 cm³/mol. The molecule has 2 amide bonds. The summed E-state index contributed by atoms with van der Waals surface area (Å²) in [6.45, 7) is 2.03. The van der Waals surface area contributed by atoms with Crippen LogP contribution in [-0.4, -0.2) is 17.9 Å². The smallest absolute Gasteiger partial charge is 0.262 e. The van der Waals surface area contributed by atoms with Gasteiger partial charge in [-0.05, 0) is 49.6 Å². The molecule has 2 N–H and O–H groups in total. The second-order valence-electron chi connectivity index (χ2n) is 7.14. The lowest BCUT2D eigenvalue weighted by Crippen LogP contribution is -2.32. The highest BCUT2D eigenvalue weighted by Crippen LogP contribution is 2.39. The number of fused-ring (bicyclic) bond motifs is 1. The van der Waals surface area contributed by atoms with Crippen LogP contribution in [-0.2, 0) is 4.79 Å². The number of hydrogen-bond donors (Lipinski definition) is 2. The largest absolute Gasteiger partial charge is 0.349 e. The molecule has 2 aromatic carbocycles. The van der Waals surface area contributed by atoms with Crippen LogP contribution in [0.25, 0.3) is 6.08 Å². The standard InChI is InChI=1S/C22H22N2O2S/c1-14-5-4-6-15(11-14)12-20-22(26)24-18-13-16(9-10-19(18)27-20)21(25)23-17-7-2-3-8-17/h4-6,9-13,17H,2-3,7-8H2,1H3,(H,23,25)(H,24,26)/b20-12+. The minimum Gasteiger partial charge on any atom is -0.349 e. The summed E-state index contributed by atoms with van der Waals surface area (Å²) in [5.74, 6) is -0.201. The fraction of sp³-hybridized carbons (Fsp3) is 0.273. The highest BCUT2D eigenvalue weighted by Gasteiger charge is 2.23. The average Bonchev–Trinajstić information content (AvgIpc) is 3.15. The number of hydrogen-bond acceptors (Lipinski definition) is 3. The molecular formula is C22H22N2O2S. The molecule has 0 radical (unpaired) electrons. The molecule has 0 saturated heterocycles. The molecule has 1 aliphatic carbocycles. The van der Waals surface area contributed by atoms with Crippen LogP contribution in [0.2, 0.25) is 0 Å². The molecule has 4 nitrogen and oxygen atoms in total. The number of carbonyl (C=O) groups is 2. The molecule has 0 atom stereocenters. The van der Waals surface area contributed by atoms with Crippen LogP contribution in [0.15, 0.2) is 52.3 Å². The van der Waals surface area contributed by atoms with E-state index in [1.54, 1.807) is 6.07 Å². The van der Waals surface area contributed by atoms with Crippen molar-refractivity contribution in [1.29, 1.82) is 0 Å². The number of rotatable bonds is 3. The first-order valence-corrected chi connectivity index (χ1v) is 10.1. The molecule has 0 unspecified atom stereocenters. The van der Waals surface area contributed by atoms with Gasteiger partial charge in [0.2, 0.25) is 0 Å². The first-order chi connectivity index (χ1) is 13.1. The van der Waals surface area contributed by atoms with Crippen LogP contribution in [0, 0.1) is 6.92 Å². The van der Waals surface area contributed by atoms with Gasteiger partial charge >= 0.3 is 0 Å². The summed E-state index contributed by atoms with van der Waals surface area (Å²) in [5, 5.41) is 6.02. The summed E-state index contributed by atoms with van der Waals surface area (Å²) in [7, 11) is 0. The van der Waals surface area contributed by atoms with E-state index in [2.05, 4.69) is 10.6 Å². The van der Waals surface area contributed by atoms with Crippen LogP contribution in [0.4, 0.5) is 5.69 Å². The summed E-state index contributed by atoms with van der Waals surface area (Å²) in [4.78, 5) is 26.6. The molecule has 2 aromatic rings. The normalized spacial score (nSPS) is 18.3. The maximum Gasteiger partial charge on any atom is 0.262 e. The number of carbonyl (C=O) groups excluding carboxylic acids is 2. The molecule has 0 bridgehead atoms. The van der Waals surface area contributed by atoms with E-state index >= 15 is 0 Å². The quantitative estimate of drug-likeness (QED) is 0.758. The minimum absolute atomic E-state index is 0.0648. The number of nitrogens with one attached hydrogen (secondary N) is 2. The maximum absolute atomic E-state index is 12.5. The van der Waals surface area contributed by atoms with Gasteiger partial charge in [-0.2, -0.15) is 0 Å². The zero-order valence-electron chi connectivity index (χ0n) is 15.2. The molecule has 5 heteroatoms. The molecule has 1 saturated carbocycles. The van der Waals surface area contributed by atoms with Crippen LogP contribution < -0.4 is 10.6 Å². The van der Waals surface area contributed by atoms with E-state index in [0.29, 0.717) is 16.2 Å². The molecule has 1 aliphatic heterocycles. The van der Waals surface area contributed by atoms with Gasteiger partial charge in [-0.25, -0.2) is 0 Å². The lowest BCUT2D eigenvalue weighted by atomic mass is 10.1. The van der Waals surface area contributed by atoms with E-state index in [9.17, 15) is 9.59 Å². The lowest BCUT2D eigenvalue weighted by molar-refractivity contribution is -0.112. The summed E-state index contributed by atoms with van der Waals surface area (Å²) in [6.07, 6.45) is 6.36. The van der Waals surface area contributed by atoms with Crippen molar-refractivity contribution in [3.8, 4) is 0 Å². The number of benzene rings is 2. The highest BCUT2D eigenvalue weighted by molar-refractivity contribution is 8.04. The second kappa shape index (κ2) is 7.61. The zero-order valence-corrected chi connectivity index (χ0v) is 16.1. The molecule has 27 heavy (non-hydrogen) atoms. The van der Waals surface area contributed by atoms with Gasteiger partial charge in [0.05, 0.1) is 10.6 Å². The molecule has 1 fully saturated rings. The van der Waals surface area contributed by atoms with E-state index in [0.717, 1.165) is 28.9 Å². The van der Waals surface area contributed by atoms with Crippen LogP contribution in [0.5, 0.6) is 0 Å². The number of anilines is 1. The van der Waals surface area contributed by atoms with Gasteiger partial charge in [-0.15, -0.1) is 0 Å². The van der Waals surface area contributed by atoms with Gasteiger partial charge in [0, 0.05) is 16.5 Å². The van der Waals surface area contributed by atoms with Gasteiger partial charge in [0.15, 0.2) is 0 Å². The van der Waals surface area contributed by atoms with Crippen molar-refractivity contribution < 1.29 is 9.59 Å². The summed E-state index contributed by atoms with van der Waals surface area (Å²) in [5.41, 5.74) is 3.45. The Morgan fingerprint density at radius 2 is 2.00 bits per heavy atom. The molecule has 0 aromatic heterocycles. The molecule has 0 spiro atoms. The molecule has 4 rings (SSSR count). The van der Waals surface area contributed by atoms with E-state index in [4.69, 9.17) is 0 Å². The third kappa shape index (κ3) is 4.08. The lowest BCUT2D eigenvalue weighted by Gasteiger charge is -2.20. The van der Waals surface area contributed by atoms with E-state index in [-0.39, 0.29) is 17.9 Å². The molecule has 2 aliphatic rings. The highest BCUT2D eigenvalue weighted by atomic mass is 32.2. The van der Waals surface area contributed by atoms with Crippen molar-refractivity contribution in [3.63, 3.8) is 0 Å². The van der Waals surface area contributed by atoms with Crippen LogP contribution in [0.3, 0.4) is 0 Å². The molecule has 138 valence electrons. The predicted octanol–water partition coefficient (Wildman–Crippen LogP) is 4.75. The minimum atomic E-state index is -0.137. The SMILES string of the molecule is Cc1cccc(/C=C2/Sc3ccc(C(=O)NC4CCCC4)cc3NC2=O)c1. The Morgan fingerprint density at radius 1 is 1.19 bits per heavy atom. The second-order valence-corrected chi connectivity index (χ2v) is 8.23. The van der Waals surface area contributed by atoms with Crippen molar-refractivity contribution in [3.05, 3.63) is 64.1 Å². The van der Waals surface area contributed by atoms with Gasteiger partial charge in [0.1, 0.15) is 0 Å². The Balaban J connectivity index is 1.53. The average molecular weight is 378 g/mol. The first-order valence-electron chi connectivity index (χ1n) is 9.31. The Bertz CT molecular complexity index is 930. The Labute approximate surface area is 163 Å². The molecular weight excluding hydrogens is 356 g/mol. The van der Waals surface area contributed by atoms with Crippen molar-refractivity contribution in [2.75, 3.05) is 5.32 Å². The Hall–Kier alpha value is -2.53. The van der Waals surface area contributed by atoms with E-state index in [1.807, 2.05) is 49.4 Å². The van der Waals surface area contributed by atoms with Gasteiger partial charge in [-0.3, -0.25) is 9.59 Å². The van der Waals surface area contributed by atoms with Crippen molar-refractivity contribution in [2.24, 2.45) is 0 Å². The van der Waals surface area contributed by atoms with E-state index in [1.165, 1.54) is 24.6 Å². The third-order valence-corrected chi connectivity index (χ3v) is 6.06. The van der Waals surface area contributed by atoms with Crippen molar-refractivity contribution >= 4 is 35.3 Å².